The van der Waals surface area contributed by atoms with E-state index in [0.29, 0.717) is 5.88 Å². The Balaban J connectivity index is 4.67. The summed E-state index contributed by atoms with van der Waals surface area (Å²) in [7, 11) is -3.29. The van der Waals surface area contributed by atoms with Crippen LogP contribution < -0.4 is 4.72 Å². The molecule has 0 aromatic carbocycles. The van der Waals surface area contributed by atoms with Gasteiger partial charge in [-0.2, -0.15) is 0 Å². The van der Waals surface area contributed by atoms with E-state index in [2.05, 4.69) is 4.72 Å². The van der Waals surface area contributed by atoms with Crippen LogP contribution in [0.1, 0.15) is 34.6 Å². The zero-order chi connectivity index (χ0) is 11.6. The van der Waals surface area contributed by atoms with Crippen LogP contribution in [0.5, 0.6) is 0 Å². The van der Waals surface area contributed by atoms with Crippen LogP contribution in [0, 0.1) is 5.92 Å². The lowest BCUT2D eigenvalue weighted by atomic mass is 10.1. The first-order valence-corrected chi connectivity index (χ1v) is 6.71. The van der Waals surface area contributed by atoms with Crippen LogP contribution in [-0.4, -0.2) is 25.1 Å². The first-order chi connectivity index (χ1) is 6.12. The molecule has 86 valence electrons. The summed E-state index contributed by atoms with van der Waals surface area (Å²) in [6.07, 6.45) is 0. The third-order valence-electron chi connectivity index (χ3n) is 2.08. The number of sulfonamides is 1. The van der Waals surface area contributed by atoms with Gasteiger partial charge in [-0.05, 0) is 26.7 Å². The second kappa shape index (κ2) is 4.81. The van der Waals surface area contributed by atoms with Crippen LogP contribution in [0.4, 0.5) is 0 Å². The predicted molar refractivity (Wildman–Crippen MR) is 61.2 cm³/mol. The molecular formula is C9H20ClNO2S. The van der Waals surface area contributed by atoms with Crippen molar-refractivity contribution in [2.45, 2.75) is 45.4 Å². The van der Waals surface area contributed by atoms with Crippen LogP contribution in [0.2, 0.25) is 0 Å². The Labute approximate surface area is 92.3 Å². The highest BCUT2D eigenvalue weighted by atomic mass is 35.5. The molecule has 1 N–H and O–H groups in total. The molecule has 0 heterocycles. The predicted octanol–water partition coefficient (Wildman–Crippen LogP) is 1.97. The highest BCUT2D eigenvalue weighted by Crippen LogP contribution is 2.16. The van der Waals surface area contributed by atoms with Gasteiger partial charge >= 0.3 is 0 Å². The maximum Gasteiger partial charge on any atom is 0.216 e. The summed E-state index contributed by atoms with van der Waals surface area (Å²) in [4.78, 5) is 0. The van der Waals surface area contributed by atoms with Gasteiger partial charge in [0, 0.05) is 11.9 Å². The van der Waals surface area contributed by atoms with Crippen LogP contribution in [0.25, 0.3) is 0 Å². The van der Waals surface area contributed by atoms with Crippen molar-refractivity contribution in [1.29, 1.82) is 0 Å². The van der Waals surface area contributed by atoms with Crippen LogP contribution in [0.3, 0.4) is 0 Å². The van der Waals surface area contributed by atoms with E-state index in [0.717, 1.165) is 0 Å². The second-order valence-electron chi connectivity index (χ2n) is 4.74. The van der Waals surface area contributed by atoms with Crippen molar-refractivity contribution in [2.24, 2.45) is 5.92 Å². The largest absolute Gasteiger partial charge is 0.216 e. The standard InChI is InChI=1S/C9H20ClNO2S/c1-7(2)8(6-10)11-14(12,13)9(3,4)5/h7-8,11H,6H2,1-5H3. The maximum atomic E-state index is 11.8. The van der Waals surface area contributed by atoms with E-state index >= 15 is 0 Å². The molecule has 1 unspecified atom stereocenters. The third-order valence-corrected chi connectivity index (χ3v) is 4.64. The number of nitrogens with one attached hydrogen (secondary N) is 1. The summed E-state index contributed by atoms with van der Waals surface area (Å²) in [5.74, 6) is 0.497. The molecule has 0 saturated heterocycles. The number of hydrogen-bond donors (Lipinski definition) is 1. The molecule has 0 aromatic rings. The van der Waals surface area contributed by atoms with Gasteiger partial charge in [0.15, 0.2) is 0 Å². The number of alkyl halides is 1. The molecule has 14 heavy (non-hydrogen) atoms. The van der Waals surface area contributed by atoms with Crippen molar-refractivity contribution in [3.8, 4) is 0 Å². The fourth-order valence-electron chi connectivity index (χ4n) is 0.722. The van der Waals surface area contributed by atoms with Gasteiger partial charge in [-0.15, -0.1) is 11.6 Å². The van der Waals surface area contributed by atoms with Crippen molar-refractivity contribution < 1.29 is 8.42 Å². The topological polar surface area (TPSA) is 46.2 Å². The van der Waals surface area contributed by atoms with Gasteiger partial charge in [0.05, 0.1) is 4.75 Å². The van der Waals surface area contributed by atoms with Gasteiger partial charge in [-0.3, -0.25) is 0 Å². The molecule has 0 aliphatic carbocycles. The second-order valence-corrected chi connectivity index (χ2v) is 7.51. The van der Waals surface area contributed by atoms with Gasteiger partial charge in [-0.25, -0.2) is 13.1 Å². The van der Waals surface area contributed by atoms with Crippen molar-refractivity contribution >= 4 is 21.6 Å². The Kier molecular flexibility index (Phi) is 4.88. The molecule has 5 heteroatoms. The molecule has 0 aromatic heterocycles. The first-order valence-electron chi connectivity index (χ1n) is 4.69. The molecule has 0 fully saturated rings. The van der Waals surface area contributed by atoms with Crippen LogP contribution >= 0.6 is 11.6 Å². The van der Waals surface area contributed by atoms with E-state index in [4.69, 9.17) is 11.6 Å². The number of hydrogen-bond acceptors (Lipinski definition) is 2. The summed E-state index contributed by atoms with van der Waals surface area (Å²) in [5.41, 5.74) is 0. The van der Waals surface area contributed by atoms with Gasteiger partial charge in [0.1, 0.15) is 0 Å². The molecule has 0 aliphatic heterocycles. The van der Waals surface area contributed by atoms with Gasteiger partial charge in [-0.1, -0.05) is 13.8 Å². The lowest BCUT2D eigenvalue weighted by Gasteiger charge is -2.26. The smallest absolute Gasteiger partial charge is 0.212 e. The minimum absolute atomic E-state index is 0.194. The fourth-order valence-corrected chi connectivity index (χ4v) is 2.35. The summed E-state index contributed by atoms with van der Waals surface area (Å²) in [6.45, 7) is 8.89. The zero-order valence-electron chi connectivity index (χ0n) is 9.46. The monoisotopic (exact) mass is 241 g/mol. The van der Waals surface area contributed by atoms with Gasteiger partial charge in [0.25, 0.3) is 0 Å². The summed E-state index contributed by atoms with van der Waals surface area (Å²) >= 11 is 5.69. The van der Waals surface area contributed by atoms with Crippen molar-refractivity contribution in [3.05, 3.63) is 0 Å². The highest BCUT2D eigenvalue weighted by molar-refractivity contribution is 7.90. The molecule has 0 spiro atoms. The van der Waals surface area contributed by atoms with E-state index in [9.17, 15) is 8.42 Å². The average molecular weight is 242 g/mol. The Morgan fingerprint density at radius 3 is 1.93 bits per heavy atom. The van der Waals surface area contributed by atoms with E-state index in [-0.39, 0.29) is 12.0 Å². The quantitative estimate of drug-likeness (QED) is 0.765. The minimum atomic E-state index is -3.29. The Morgan fingerprint density at radius 2 is 1.71 bits per heavy atom. The number of rotatable bonds is 4. The molecule has 0 radical (unpaired) electrons. The normalized spacial score (nSPS) is 15.9. The van der Waals surface area contributed by atoms with Crippen LogP contribution in [-0.2, 0) is 10.0 Å². The van der Waals surface area contributed by atoms with E-state index in [1.54, 1.807) is 20.8 Å². The summed E-state index contributed by atoms with van der Waals surface area (Å²) in [5, 5.41) is 0. The van der Waals surface area contributed by atoms with E-state index in [1.165, 1.54) is 0 Å². The molecule has 1 atom stereocenters. The lowest BCUT2D eigenvalue weighted by molar-refractivity contribution is 0.467. The zero-order valence-corrected chi connectivity index (χ0v) is 11.0. The van der Waals surface area contributed by atoms with Gasteiger partial charge < -0.3 is 0 Å². The SMILES string of the molecule is CC(C)C(CCl)NS(=O)(=O)C(C)(C)C. The lowest BCUT2D eigenvalue weighted by Crippen LogP contribution is -2.47. The van der Waals surface area contributed by atoms with E-state index < -0.39 is 14.8 Å². The van der Waals surface area contributed by atoms with Crippen LogP contribution in [0.15, 0.2) is 0 Å². The third kappa shape index (κ3) is 3.75. The van der Waals surface area contributed by atoms with Crippen molar-refractivity contribution in [3.63, 3.8) is 0 Å². The molecule has 0 amide bonds. The minimum Gasteiger partial charge on any atom is -0.212 e. The molecule has 0 bridgehead atoms. The Hall–Kier alpha value is 0.200. The summed E-state index contributed by atoms with van der Waals surface area (Å²) < 4.78 is 25.3. The fraction of sp³-hybridized carbons (Fsp3) is 1.00. The summed E-state index contributed by atoms with van der Waals surface area (Å²) in [6, 6.07) is -0.194. The Bertz CT molecular complexity index is 267. The Morgan fingerprint density at radius 1 is 1.29 bits per heavy atom. The molecular weight excluding hydrogens is 222 g/mol. The molecule has 3 nitrogen and oxygen atoms in total. The molecule has 0 aliphatic rings. The number of halogens is 1. The van der Waals surface area contributed by atoms with E-state index in [1.807, 2.05) is 13.8 Å². The van der Waals surface area contributed by atoms with Gasteiger partial charge in [0.2, 0.25) is 10.0 Å². The van der Waals surface area contributed by atoms with Crippen molar-refractivity contribution in [1.82, 2.24) is 4.72 Å². The molecule has 0 rings (SSSR count). The highest BCUT2D eigenvalue weighted by Gasteiger charge is 2.31. The van der Waals surface area contributed by atoms with Crippen molar-refractivity contribution in [2.75, 3.05) is 5.88 Å². The average Bonchev–Trinajstić information content (AvgIpc) is 1.97. The molecule has 0 saturated carbocycles. The maximum absolute atomic E-state index is 11.8. The first kappa shape index (κ1) is 14.2.